The lowest BCUT2D eigenvalue weighted by Crippen LogP contribution is -2.30. The summed E-state index contributed by atoms with van der Waals surface area (Å²) < 4.78 is 1.68. The molecule has 5 rings (SSSR count). The molecule has 7 heteroatoms. The minimum atomic E-state index is -0.164. The van der Waals surface area contributed by atoms with Gasteiger partial charge in [0.15, 0.2) is 0 Å². The number of hydrogen-bond donors (Lipinski definition) is 0. The first-order valence-corrected chi connectivity index (χ1v) is 10.2. The first-order chi connectivity index (χ1) is 14.6. The van der Waals surface area contributed by atoms with E-state index in [1.807, 2.05) is 18.3 Å². The van der Waals surface area contributed by atoms with Crippen molar-refractivity contribution in [2.75, 3.05) is 20.3 Å². The van der Waals surface area contributed by atoms with Gasteiger partial charge in [-0.1, -0.05) is 35.9 Å². The molecule has 1 aromatic heterocycles. The van der Waals surface area contributed by atoms with E-state index in [0.29, 0.717) is 18.2 Å². The van der Waals surface area contributed by atoms with Gasteiger partial charge in [0.25, 0.3) is 5.91 Å². The molecular formula is C23H23N5O2. The minimum Gasteiger partial charge on any atom is -0.326 e. The Bertz CT molecular complexity index is 1120. The molecule has 0 bridgehead atoms. The van der Waals surface area contributed by atoms with Gasteiger partial charge in [0.1, 0.15) is 12.2 Å². The highest BCUT2D eigenvalue weighted by Gasteiger charge is 2.29. The van der Waals surface area contributed by atoms with Crippen molar-refractivity contribution in [3.8, 4) is 16.9 Å². The van der Waals surface area contributed by atoms with Gasteiger partial charge in [-0.05, 0) is 48.6 Å². The number of carbonyl (C=O) groups is 2. The Morgan fingerprint density at radius 3 is 2.67 bits per heavy atom. The highest BCUT2D eigenvalue weighted by molar-refractivity contribution is 5.98. The molecule has 2 fully saturated rings. The number of rotatable bonds is 4. The SMILES string of the molecule is CN1CN(C(=O)c2cccc(-n3cc(-c4cccc(C5CCC5)c4)nn3)c2)CC1=O. The van der Waals surface area contributed by atoms with Gasteiger partial charge < -0.3 is 9.80 Å². The van der Waals surface area contributed by atoms with Crippen molar-refractivity contribution in [2.45, 2.75) is 25.2 Å². The van der Waals surface area contributed by atoms with Crippen molar-refractivity contribution in [3.63, 3.8) is 0 Å². The van der Waals surface area contributed by atoms with Crippen LogP contribution in [0.2, 0.25) is 0 Å². The molecule has 7 nitrogen and oxygen atoms in total. The maximum Gasteiger partial charge on any atom is 0.255 e. The zero-order valence-corrected chi connectivity index (χ0v) is 16.9. The Morgan fingerprint density at radius 2 is 1.93 bits per heavy atom. The van der Waals surface area contributed by atoms with Gasteiger partial charge in [0.05, 0.1) is 18.6 Å². The average molecular weight is 401 g/mol. The van der Waals surface area contributed by atoms with Crippen LogP contribution in [0.25, 0.3) is 16.9 Å². The molecule has 0 radical (unpaired) electrons. The summed E-state index contributed by atoms with van der Waals surface area (Å²) in [5.74, 6) is 0.451. The fourth-order valence-corrected chi connectivity index (χ4v) is 3.98. The second-order valence-electron chi connectivity index (χ2n) is 8.09. The van der Waals surface area contributed by atoms with Crippen molar-refractivity contribution in [2.24, 2.45) is 0 Å². The molecule has 1 saturated heterocycles. The second-order valence-corrected chi connectivity index (χ2v) is 8.09. The van der Waals surface area contributed by atoms with E-state index in [2.05, 4.69) is 34.6 Å². The van der Waals surface area contributed by atoms with Gasteiger partial charge in [-0.3, -0.25) is 9.59 Å². The van der Waals surface area contributed by atoms with Crippen molar-refractivity contribution < 1.29 is 9.59 Å². The van der Waals surface area contributed by atoms with Crippen LogP contribution < -0.4 is 0 Å². The minimum absolute atomic E-state index is 0.0513. The van der Waals surface area contributed by atoms with Gasteiger partial charge in [0.2, 0.25) is 5.91 Å². The van der Waals surface area contributed by atoms with Crippen LogP contribution in [0.5, 0.6) is 0 Å². The molecule has 2 aromatic carbocycles. The summed E-state index contributed by atoms with van der Waals surface area (Å²) in [6.07, 6.45) is 5.71. The van der Waals surface area contributed by atoms with E-state index in [-0.39, 0.29) is 18.4 Å². The number of likely N-dealkylation sites (N-methyl/N-ethyl adjacent to an activating group) is 1. The molecule has 0 unspecified atom stereocenters. The fraction of sp³-hybridized carbons (Fsp3) is 0.304. The van der Waals surface area contributed by atoms with E-state index in [1.54, 1.807) is 33.7 Å². The van der Waals surface area contributed by atoms with Gasteiger partial charge in [-0.15, -0.1) is 5.10 Å². The summed E-state index contributed by atoms with van der Waals surface area (Å²) in [7, 11) is 1.70. The van der Waals surface area contributed by atoms with Crippen LogP contribution in [0.3, 0.4) is 0 Å². The highest BCUT2D eigenvalue weighted by atomic mass is 16.2. The van der Waals surface area contributed by atoms with Crippen LogP contribution in [-0.4, -0.2) is 56.9 Å². The van der Waals surface area contributed by atoms with E-state index in [0.717, 1.165) is 16.9 Å². The summed E-state index contributed by atoms with van der Waals surface area (Å²) in [6, 6.07) is 15.8. The van der Waals surface area contributed by atoms with E-state index < -0.39 is 0 Å². The number of nitrogens with zero attached hydrogens (tertiary/aromatic N) is 5. The molecule has 2 amide bonds. The fourth-order valence-electron chi connectivity index (χ4n) is 3.98. The molecule has 0 N–H and O–H groups in total. The molecule has 0 spiro atoms. The van der Waals surface area contributed by atoms with E-state index >= 15 is 0 Å². The Morgan fingerprint density at radius 1 is 1.10 bits per heavy atom. The van der Waals surface area contributed by atoms with Crippen LogP contribution in [0.15, 0.2) is 54.7 Å². The lowest BCUT2D eigenvalue weighted by Gasteiger charge is -2.25. The van der Waals surface area contributed by atoms with Crippen LogP contribution >= 0.6 is 0 Å². The standard InChI is InChI=1S/C23H23N5O2/c1-26-15-27(14-22(26)29)23(30)19-9-4-10-20(12-19)28-13-21(24-25-28)18-8-3-7-17(11-18)16-5-2-6-16/h3-4,7-13,16H,2,5-6,14-15H2,1H3. The van der Waals surface area contributed by atoms with Crippen molar-refractivity contribution in [3.05, 3.63) is 65.9 Å². The van der Waals surface area contributed by atoms with E-state index in [9.17, 15) is 9.59 Å². The molecule has 1 aliphatic heterocycles. The zero-order valence-electron chi connectivity index (χ0n) is 16.9. The van der Waals surface area contributed by atoms with Gasteiger partial charge in [-0.2, -0.15) is 0 Å². The van der Waals surface area contributed by atoms with E-state index in [4.69, 9.17) is 0 Å². The first-order valence-electron chi connectivity index (χ1n) is 10.2. The number of hydrogen-bond acceptors (Lipinski definition) is 4. The van der Waals surface area contributed by atoms with Crippen molar-refractivity contribution >= 4 is 11.8 Å². The largest absolute Gasteiger partial charge is 0.326 e. The molecule has 2 aliphatic rings. The molecule has 0 atom stereocenters. The normalized spacial score (nSPS) is 16.8. The third-order valence-electron chi connectivity index (χ3n) is 6.03. The number of amides is 2. The maximum absolute atomic E-state index is 12.8. The summed E-state index contributed by atoms with van der Waals surface area (Å²) in [5.41, 5.74) is 4.51. The second kappa shape index (κ2) is 7.40. The van der Waals surface area contributed by atoms with E-state index in [1.165, 1.54) is 24.8 Å². The lowest BCUT2D eigenvalue weighted by molar-refractivity contribution is -0.125. The smallest absolute Gasteiger partial charge is 0.255 e. The summed E-state index contributed by atoms with van der Waals surface area (Å²) >= 11 is 0. The van der Waals surface area contributed by atoms with Crippen molar-refractivity contribution in [1.29, 1.82) is 0 Å². The van der Waals surface area contributed by atoms with Crippen LogP contribution in [0.4, 0.5) is 0 Å². The molecule has 1 saturated carbocycles. The number of carbonyl (C=O) groups excluding carboxylic acids is 2. The van der Waals surface area contributed by atoms with Crippen molar-refractivity contribution in [1.82, 2.24) is 24.8 Å². The monoisotopic (exact) mass is 401 g/mol. The Kier molecular flexibility index (Phi) is 4.58. The molecule has 2 heterocycles. The molecule has 152 valence electrons. The first kappa shape index (κ1) is 18.5. The predicted octanol–water partition coefficient (Wildman–Crippen LogP) is 3.07. The van der Waals surface area contributed by atoms with Crippen LogP contribution in [0.1, 0.15) is 41.1 Å². The van der Waals surface area contributed by atoms with Crippen LogP contribution in [-0.2, 0) is 4.79 Å². The summed E-state index contributed by atoms with van der Waals surface area (Å²) in [4.78, 5) is 27.6. The molecule has 3 aromatic rings. The topological polar surface area (TPSA) is 71.3 Å². The van der Waals surface area contributed by atoms with Gasteiger partial charge >= 0.3 is 0 Å². The predicted molar refractivity (Wildman–Crippen MR) is 112 cm³/mol. The van der Waals surface area contributed by atoms with Gasteiger partial charge in [-0.25, -0.2) is 4.68 Å². The summed E-state index contributed by atoms with van der Waals surface area (Å²) in [6.45, 7) is 0.428. The van der Waals surface area contributed by atoms with Gasteiger partial charge in [0, 0.05) is 18.2 Å². The number of benzene rings is 2. The third kappa shape index (κ3) is 3.36. The molecular weight excluding hydrogens is 378 g/mol. The van der Waals surface area contributed by atoms with Crippen LogP contribution in [0, 0.1) is 0 Å². The Labute approximate surface area is 174 Å². The molecule has 30 heavy (non-hydrogen) atoms. The quantitative estimate of drug-likeness (QED) is 0.674. The lowest BCUT2D eigenvalue weighted by atomic mass is 9.79. The Hall–Kier alpha value is -3.48. The zero-order chi connectivity index (χ0) is 20.7. The average Bonchev–Trinajstić information content (AvgIpc) is 3.34. The third-order valence-corrected chi connectivity index (χ3v) is 6.03. The maximum atomic E-state index is 12.8. The Balaban J connectivity index is 1.38. The number of aromatic nitrogens is 3. The highest BCUT2D eigenvalue weighted by Crippen LogP contribution is 2.37. The summed E-state index contributed by atoms with van der Waals surface area (Å²) in [5, 5.41) is 8.62. The molecule has 1 aliphatic carbocycles.